The quantitative estimate of drug-likeness (QED) is 0.893. The fourth-order valence-electron chi connectivity index (χ4n) is 3.20. The molecule has 0 amide bonds. The Morgan fingerprint density at radius 2 is 1.72 bits per heavy atom. The minimum absolute atomic E-state index is 0.0821. The molecule has 1 fully saturated rings. The first-order chi connectivity index (χ1) is 8.19. The van der Waals surface area contributed by atoms with E-state index >= 15 is 0 Å². The summed E-state index contributed by atoms with van der Waals surface area (Å²) in [6.45, 7) is 9.22. The van der Waals surface area contributed by atoms with Gasteiger partial charge in [-0.1, -0.05) is 33.8 Å². The van der Waals surface area contributed by atoms with Crippen LogP contribution in [0.3, 0.4) is 0 Å². The van der Waals surface area contributed by atoms with E-state index in [1.165, 1.54) is 0 Å². The van der Waals surface area contributed by atoms with E-state index in [-0.39, 0.29) is 6.04 Å². The van der Waals surface area contributed by atoms with Gasteiger partial charge in [-0.15, -0.1) is 0 Å². The summed E-state index contributed by atoms with van der Waals surface area (Å²) >= 11 is 0. The highest BCUT2D eigenvalue weighted by Gasteiger charge is 2.66. The minimum atomic E-state index is 0.0821. The zero-order valence-corrected chi connectivity index (χ0v) is 12.4. The van der Waals surface area contributed by atoms with Gasteiger partial charge in [0.2, 0.25) is 0 Å². The van der Waals surface area contributed by atoms with Gasteiger partial charge < -0.3 is 10.6 Å². The highest BCUT2D eigenvalue weighted by atomic mass is 15.1. The third-order valence-electron chi connectivity index (χ3n) is 5.11. The number of anilines is 1. The van der Waals surface area contributed by atoms with Crippen molar-refractivity contribution in [3.8, 4) is 0 Å². The molecular weight excluding hydrogens is 222 g/mol. The molecule has 3 nitrogen and oxygen atoms in total. The molecule has 0 spiro atoms. The predicted molar refractivity (Wildman–Crippen MR) is 76.5 cm³/mol. The van der Waals surface area contributed by atoms with Gasteiger partial charge in [-0.05, 0) is 28.4 Å². The zero-order chi connectivity index (χ0) is 13.7. The van der Waals surface area contributed by atoms with Crippen molar-refractivity contribution in [1.82, 2.24) is 4.98 Å². The summed E-state index contributed by atoms with van der Waals surface area (Å²) in [6, 6.07) is 4.23. The monoisotopic (exact) mass is 247 g/mol. The Labute approximate surface area is 110 Å². The van der Waals surface area contributed by atoms with Gasteiger partial charge in [0.25, 0.3) is 0 Å². The van der Waals surface area contributed by atoms with Crippen LogP contribution in [0.25, 0.3) is 0 Å². The lowest BCUT2D eigenvalue weighted by Crippen LogP contribution is -2.17. The Kier molecular flexibility index (Phi) is 2.93. The molecular formula is C15H25N3. The fraction of sp³-hybridized carbons (Fsp3) is 0.667. The molecule has 1 aliphatic rings. The number of nitrogens with two attached hydrogens (primary N) is 1. The van der Waals surface area contributed by atoms with E-state index in [1.54, 1.807) is 0 Å². The van der Waals surface area contributed by atoms with Gasteiger partial charge in [0.15, 0.2) is 0 Å². The van der Waals surface area contributed by atoms with Crippen molar-refractivity contribution in [2.45, 2.75) is 33.7 Å². The molecule has 0 aromatic carbocycles. The number of pyridine rings is 1. The number of hydrogen-bond donors (Lipinski definition) is 1. The maximum Gasteiger partial charge on any atom is 0.127 e. The van der Waals surface area contributed by atoms with Crippen LogP contribution in [0, 0.1) is 16.7 Å². The van der Waals surface area contributed by atoms with Crippen LogP contribution in [-0.2, 0) is 0 Å². The van der Waals surface area contributed by atoms with E-state index in [2.05, 4.69) is 38.7 Å². The molecule has 1 aromatic heterocycles. The summed E-state index contributed by atoms with van der Waals surface area (Å²) in [5, 5.41) is 0. The topological polar surface area (TPSA) is 42.1 Å². The summed E-state index contributed by atoms with van der Waals surface area (Å²) in [5.74, 6) is 1.50. The summed E-state index contributed by atoms with van der Waals surface area (Å²) < 4.78 is 0. The average Bonchev–Trinajstić information content (AvgIpc) is 2.69. The van der Waals surface area contributed by atoms with Crippen LogP contribution in [0.1, 0.15) is 39.3 Å². The second-order valence-electron chi connectivity index (χ2n) is 6.79. The Balaban J connectivity index is 2.19. The number of nitrogens with zero attached hydrogens (tertiary/aromatic N) is 2. The summed E-state index contributed by atoms with van der Waals surface area (Å²) in [5.41, 5.74) is 8.19. The lowest BCUT2D eigenvalue weighted by molar-refractivity contribution is 0.457. The molecule has 1 atom stereocenters. The van der Waals surface area contributed by atoms with Crippen molar-refractivity contribution in [3.05, 3.63) is 23.9 Å². The smallest absolute Gasteiger partial charge is 0.127 e. The molecule has 3 heteroatoms. The standard InChI is InChI=1S/C15H25N3/c1-14(2)13(15(14,3)4)12(16)10-7-8-11(17-9-10)18(5)6/h7-9,12-13H,16H2,1-6H3. The molecule has 100 valence electrons. The van der Waals surface area contributed by atoms with Crippen molar-refractivity contribution in [3.63, 3.8) is 0 Å². The third kappa shape index (κ3) is 1.81. The normalized spacial score (nSPS) is 22.6. The summed E-state index contributed by atoms with van der Waals surface area (Å²) in [6.07, 6.45) is 1.92. The first-order valence-electron chi connectivity index (χ1n) is 6.58. The van der Waals surface area contributed by atoms with Crippen molar-refractivity contribution in [2.24, 2.45) is 22.5 Å². The molecule has 1 unspecified atom stereocenters. The Morgan fingerprint density at radius 1 is 1.17 bits per heavy atom. The van der Waals surface area contributed by atoms with Crippen LogP contribution in [-0.4, -0.2) is 19.1 Å². The van der Waals surface area contributed by atoms with Gasteiger partial charge >= 0.3 is 0 Å². The van der Waals surface area contributed by atoms with Crippen molar-refractivity contribution >= 4 is 5.82 Å². The first kappa shape index (κ1) is 13.3. The molecule has 1 aliphatic carbocycles. The van der Waals surface area contributed by atoms with Crippen LogP contribution < -0.4 is 10.6 Å². The van der Waals surface area contributed by atoms with Gasteiger partial charge in [0.05, 0.1) is 0 Å². The molecule has 1 heterocycles. The van der Waals surface area contributed by atoms with Crippen molar-refractivity contribution in [2.75, 3.05) is 19.0 Å². The van der Waals surface area contributed by atoms with E-state index < -0.39 is 0 Å². The Morgan fingerprint density at radius 3 is 2.06 bits per heavy atom. The highest BCUT2D eigenvalue weighted by molar-refractivity contribution is 5.38. The van der Waals surface area contributed by atoms with Gasteiger partial charge in [-0.2, -0.15) is 0 Å². The van der Waals surface area contributed by atoms with E-state index in [1.807, 2.05) is 31.3 Å². The lowest BCUT2D eigenvalue weighted by Gasteiger charge is -2.16. The van der Waals surface area contributed by atoms with Crippen LogP contribution in [0.2, 0.25) is 0 Å². The van der Waals surface area contributed by atoms with E-state index in [9.17, 15) is 0 Å². The van der Waals surface area contributed by atoms with E-state index in [0.717, 1.165) is 11.4 Å². The van der Waals surface area contributed by atoms with Gasteiger partial charge in [0, 0.05) is 26.3 Å². The van der Waals surface area contributed by atoms with Gasteiger partial charge in [-0.25, -0.2) is 4.98 Å². The third-order valence-corrected chi connectivity index (χ3v) is 5.11. The molecule has 2 N–H and O–H groups in total. The number of rotatable bonds is 3. The second-order valence-corrected chi connectivity index (χ2v) is 6.79. The Hall–Kier alpha value is -1.09. The van der Waals surface area contributed by atoms with Crippen molar-refractivity contribution < 1.29 is 0 Å². The first-order valence-corrected chi connectivity index (χ1v) is 6.58. The van der Waals surface area contributed by atoms with Gasteiger partial charge in [0.1, 0.15) is 5.82 Å². The molecule has 18 heavy (non-hydrogen) atoms. The van der Waals surface area contributed by atoms with Gasteiger partial charge in [-0.3, -0.25) is 0 Å². The summed E-state index contributed by atoms with van der Waals surface area (Å²) in [4.78, 5) is 6.45. The maximum atomic E-state index is 6.42. The van der Waals surface area contributed by atoms with Crippen LogP contribution in [0.15, 0.2) is 18.3 Å². The van der Waals surface area contributed by atoms with Crippen LogP contribution in [0.5, 0.6) is 0 Å². The minimum Gasteiger partial charge on any atom is -0.363 e. The molecule has 0 aliphatic heterocycles. The van der Waals surface area contributed by atoms with Crippen LogP contribution in [0.4, 0.5) is 5.82 Å². The average molecular weight is 247 g/mol. The second kappa shape index (κ2) is 3.95. The SMILES string of the molecule is CN(C)c1ccc(C(N)C2C(C)(C)C2(C)C)cn1. The number of hydrogen-bond acceptors (Lipinski definition) is 3. The Bertz CT molecular complexity index is 418. The highest BCUT2D eigenvalue weighted by Crippen LogP contribution is 2.71. The largest absolute Gasteiger partial charge is 0.363 e. The van der Waals surface area contributed by atoms with Crippen molar-refractivity contribution in [1.29, 1.82) is 0 Å². The molecule has 1 aromatic rings. The number of aromatic nitrogens is 1. The fourth-order valence-corrected chi connectivity index (χ4v) is 3.20. The van der Waals surface area contributed by atoms with Crippen LogP contribution >= 0.6 is 0 Å². The maximum absolute atomic E-state index is 6.42. The molecule has 0 saturated heterocycles. The molecule has 2 rings (SSSR count). The van der Waals surface area contributed by atoms with E-state index in [4.69, 9.17) is 5.73 Å². The zero-order valence-electron chi connectivity index (χ0n) is 12.4. The predicted octanol–water partition coefficient (Wildman–Crippen LogP) is 2.83. The molecule has 0 radical (unpaired) electrons. The molecule has 0 bridgehead atoms. The molecule has 1 saturated carbocycles. The summed E-state index contributed by atoms with van der Waals surface area (Å²) in [7, 11) is 3.99. The lowest BCUT2D eigenvalue weighted by atomic mass is 9.99. The van der Waals surface area contributed by atoms with E-state index in [0.29, 0.717) is 16.7 Å².